The van der Waals surface area contributed by atoms with Crippen molar-refractivity contribution in [3.8, 4) is 11.8 Å². The van der Waals surface area contributed by atoms with E-state index in [0.717, 1.165) is 0 Å². The molecule has 2 rings (SSSR count). The Labute approximate surface area is 140 Å². The van der Waals surface area contributed by atoms with Crippen molar-refractivity contribution in [3.63, 3.8) is 0 Å². The molecule has 0 aliphatic carbocycles. The molecular formula is C18H29N5. The van der Waals surface area contributed by atoms with E-state index in [2.05, 4.69) is 32.0 Å². The number of pyridine rings is 1. The van der Waals surface area contributed by atoms with Crippen molar-refractivity contribution in [2.75, 3.05) is 0 Å². The highest BCUT2D eigenvalue weighted by Crippen LogP contribution is 1.73. The molecule has 5 heteroatoms. The summed E-state index contributed by atoms with van der Waals surface area (Å²) in [6.07, 6.45) is 11.5. The minimum atomic E-state index is 1.39. The lowest BCUT2D eigenvalue weighted by Crippen LogP contribution is -1.72. The van der Waals surface area contributed by atoms with Crippen LogP contribution < -0.4 is 5.73 Å². The van der Waals surface area contributed by atoms with E-state index in [0.29, 0.717) is 0 Å². The Balaban J connectivity index is -0.000000226. The minimum absolute atomic E-state index is 1.39. The SMILES string of the molecule is CC.CC#CC.CC=N/C=C\N.c1ccncc1.c1cn[nH]c1. The predicted molar refractivity (Wildman–Crippen MR) is 101 cm³/mol. The van der Waals surface area contributed by atoms with Gasteiger partial charge in [-0.05, 0) is 39.0 Å². The standard InChI is InChI=1S/C5H5N.C4H8N2.C4H6.C3H4N2.C2H6/c1-2-4-6-5-3-1;1-2-6-4-3-5;1-3-4-2;1-2-4-5-3-1;1-2/h1-5H;2-4H,5H2,1H3;1-2H3;1-3H,(H,4,5);1-2H3/b;4-3-,6-2?;;;. The second-order valence-electron chi connectivity index (χ2n) is 3.04. The number of hydrogen-bond donors (Lipinski definition) is 2. The molecular weight excluding hydrogens is 286 g/mol. The first-order chi connectivity index (χ1) is 11.3. The predicted octanol–water partition coefficient (Wildman–Crippen LogP) is 4.05. The first-order valence-electron chi connectivity index (χ1n) is 7.30. The Hall–Kier alpha value is -2.87. The summed E-state index contributed by atoms with van der Waals surface area (Å²) >= 11 is 0. The summed E-state index contributed by atoms with van der Waals surface area (Å²) in [4.78, 5) is 7.44. The zero-order chi connectivity index (χ0) is 18.0. The second kappa shape index (κ2) is 31.5. The third kappa shape index (κ3) is 38.2. The summed E-state index contributed by atoms with van der Waals surface area (Å²) in [6.45, 7) is 9.47. The average molecular weight is 315 g/mol. The molecule has 0 aromatic carbocycles. The van der Waals surface area contributed by atoms with Crippen molar-refractivity contribution in [2.24, 2.45) is 10.7 Å². The molecule has 0 aliphatic rings. The Kier molecular flexibility index (Phi) is 34.4. The number of aliphatic imine (C=N–C) groups is 1. The van der Waals surface area contributed by atoms with Gasteiger partial charge in [0.2, 0.25) is 0 Å². The van der Waals surface area contributed by atoms with E-state index in [1.54, 1.807) is 31.0 Å². The zero-order valence-corrected chi connectivity index (χ0v) is 14.8. The largest absolute Gasteiger partial charge is 0.403 e. The van der Waals surface area contributed by atoms with Gasteiger partial charge in [0.25, 0.3) is 0 Å². The van der Waals surface area contributed by atoms with Gasteiger partial charge in [-0.25, -0.2) is 0 Å². The maximum Gasteiger partial charge on any atom is 0.0487 e. The Morgan fingerprint density at radius 2 is 1.61 bits per heavy atom. The fourth-order valence-corrected chi connectivity index (χ4v) is 0.664. The third-order valence-electron chi connectivity index (χ3n) is 1.54. The van der Waals surface area contributed by atoms with Gasteiger partial charge in [-0.15, -0.1) is 11.8 Å². The van der Waals surface area contributed by atoms with Gasteiger partial charge in [-0.1, -0.05) is 19.9 Å². The lowest BCUT2D eigenvalue weighted by Gasteiger charge is -1.70. The van der Waals surface area contributed by atoms with Gasteiger partial charge < -0.3 is 5.73 Å². The van der Waals surface area contributed by atoms with E-state index in [4.69, 9.17) is 5.73 Å². The van der Waals surface area contributed by atoms with E-state index >= 15 is 0 Å². The fourth-order valence-electron chi connectivity index (χ4n) is 0.664. The van der Waals surface area contributed by atoms with Gasteiger partial charge in [0.15, 0.2) is 0 Å². The summed E-state index contributed by atoms with van der Waals surface area (Å²) in [5, 5.41) is 6.21. The van der Waals surface area contributed by atoms with Crippen molar-refractivity contribution in [3.05, 3.63) is 61.5 Å². The molecule has 3 N–H and O–H groups in total. The van der Waals surface area contributed by atoms with Gasteiger partial charge in [0.1, 0.15) is 0 Å². The molecule has 5 nitrogen and oxygen atoms in total. The van der Waals surface area contributed by atoms with Gasteiger partial charge in [0.05, 0.1) is 0 Å². The highest BCUT2D eigenvalue weighted by atomic mass is 15.1. The van der Waals surface area contributed by atoms with E-state index in [1.165, 1.54) is 12.4 Å². The van der Waals surface area contributed by atoms with Crippen LogP contribution in [0.5, 0.6) is 0 Å². The molecule has 0 amide bonds. The summed E-state index contributed by atoms with van der Waals surface area (Å²) in [5.74, 6) is 5.36. The summed E-state index contributed by atoms with van der Waals surface area (Å²) in [6, 6.07) is 7.55. The first-order valence-corrected chi connectivity index (χ1v) is 7.30. The molecule has 2 aromatic rings. The van der Waals surface area contributed by atoms with Crippen molar-refractivity contribution < 1.29 is 0 Å². The van der Waals surface area contributed by atoms with E-state index in [9.17, 15) is 0 Å². The molecule has 2 heterocycles. The normalized spacial score (nSPS) is 7.70. The van der Waals surface area contributed by atoms with Gasteiger partial charge in [-0.2, -0.15) is 5.10 Å². The first kappa shape index (κ1) is 25.1. The van der Waals surface area contributed by atoms with Crippen LogP contribution in [0.4, 0.5) is 0 Å². The molecule has 126 valence electrons. The zero-order valence-electron chi connectivity index (χ0n) is 14.8. The average Bonchev–Trinajstić information content (AvgIpc) is 3.24. The smallest absolute Gasteiger partial charge is 0.0487 e. The van der Waals surface area contributed by atoms with Crippen LogP contribution in [0.25, 0.3) is 0 Å². The van der Waals surface area contributed by atoms with Crippen molar-refractivity contribution in [2.45, 2.75) is 34.6 Å². The van der Waals surface area contributed by atoms with Crippen molar-refractivity contribution in [1.29, 1.82) is 0 Å². The van der Waals surface area contributed by atoms with Crippen LogP contribution in [-0.2, 0) is 0 Å². The van der Waals surface area contributed by atoms with Crippen LogP contribution in [0.2, 0.25) is 0 Å². The number of nitrogens with zero attached hydrogens (tertiary/aromatic N) is 3. The number of H-pyrrole nitrogens is 1. The van der Waals surface area contributed by atoms with Crippen LogP contribution in [0.1, 0.15) is 34.6 Å². The monoisotopic (exact) mass is 315 g/mol. The van der Waals surface area contributed by atoms with Crippen LogP contribution in [0, 0.1) is 11.8 Å². The topological polar surface area (TPSA) is 79.9 Å². The van der Waals surface area contributed by atoms with Crippen molar-refractivity contribution in [1.82, 2.24) is 15.2 Å². The molecule has 0 radical (unpaired) electrons. The molecule has 0 spiro atoms. The van der Waals surface area contributed by atoms with Gasteiger partial charge in [0, 0.05) is 43.4 Å². The van der Waals surface area contributed by atoms with Gasteiger partial charge in [-0.3, -0.25) is 15.1 Å². The number of aromatic nitrogens is 3. The second-order valence-corrected chi connectivity index (χ2v) is 3.04. The number of rotatable bonds is 1. The maximum absolute atomic E-state index is 4.92. The summed E-state index contributed by atoms with van der Waals surface area (Å²) in [5.41, 5.74) is 4.92. The fraction of sp³-hybridized carbons (Fsp3) is 0.278. The van der Waals surface area contributed by atoms with Crippen LogP contribution in [0.3, 0.4) is 0 Å². The molecule has 0 unspecified atom stereocenters. The number of hydrogen-bond acceptors (Lipinski definition) is 4. The maximum atomic E-state index is 4.92. The lowest BCUT2D eigenvalue weighted by molar-refractivity contribution is 1.09. The lowest BCUT2D eigenvalue weighted by atomic mass is 10.5. The molecule has 0 bridgehead atoms. The van der Waals surface area contributed by atoms with Crippen molar-refractivity contribution >= 4 is 6.21 Å². The third-order valence-corrected chi connectivity index (χ3v) is 1.54. The molecule has 0 saturated heterocycles. The van der Waals surface area contributed by atoms with Gasteiger partial charge >= 0.3 is 0 Å². The van der Waals surface area contributed by atoms with Crippen LogP contribution >= 0.6 is 0 Å². The number of nitrogens with one attached hydrogen (secondary N) is 1. The van der Waals surface area contributed by atoms with Crippen LogP contribution in [0.15, 0.2) is 66.4 Å². The Morgan fingerprint density at radius 3 is 1.74 bits per heavy atom. The van der Waals surface area contributed by atoms with Crippen LogP contribution in [-0.4, -0.2) is 21.4 Å². The number of aromatic amines is 1. The van der Waals surface area contributed by atoms with E-state index in [-0.39, 0.29) is 0 Å². The summed E-state index contributed by atoms with van der Waals surface area (Å²) in [7, 11) is 0. The van der Waals surface area contributed by atoms with E-state index in [1.807, 2.05) is 58.9 Å². The highest BCUT2D eigenvalue weighted by molar-refractivity contribution is 5.54. The molecule has 0 fully saturated rings. The number of nitrogens with two attached hydrogens (primary N) is 1. The molecule has 23 heavy (non-hydrogen) atoms. The molecule has 0 atom stereocenters. The molecule has 0 saturated carbocycles. The minimum Gasteiger partial charge on any atom is -0.403 e. The molecule has 0 aliphatic heterocycles. The quantitative estimate of drug-likeness (QED) is 0.615. The van der Waals surface area contributed by atoms with E-state index < -0.39 is 0 Å². The Morgan fingerprint density at radius 1 is 1.00 bits per heavy atom. The summed E-state index contributed by atoms with van der Waals surface area (Å²) < 4.78 is 0. The Bertz CT molecular complexity index is 419. The highest BCUT2D eigenvalue weighted by Gasteiger charge is 1.58. The molecule has 2 aromatic heterocycles.